The van der Waals surface area contributed by atoms with Crippen LogP contribution in [0.5, 0.6) is 0 Å². The van der Waals surface area contributed by atoms with Crippen molar-refractivity contribution in [1.82, 2.24) is 0 Å². The molecule has 0 amide bonds. The van der Waals surface area contributed by atoms with Gasteiger partial charge in [-0.15, -0.1) is 0 Å². The SMILES string of the molecule is O=S(=O)=CC(C=S(=O)=O)(C=S(=O)=O)C=S(=O)=O. The second-order valence-corrected chi connectivity index (χ2v) is 5.54. The number of hydrogen-bond donors (Lipinski definition) is 0. The van der Waals surface area contributed by atoms with Gasteiger partial charge in [0.15, 0.2) is 0 Å². The van der Waals surface area contributed by atoms with E-state index < -0.39 is 46.6 Å². The van der Waals surface area contributed by atoms with Crippen molar-refractivity contribution in [2.45, 2.75) is 0 Å². The predicted octanol–water partition coefficient (Wildman–Crippen LogP) is -3.30. The molecule has 0 aliphatic heterocycles. The maximum atomic E-state index is 10.4. The molecule has 0 rings (SSSR count). The summed E-state index contributed by atoms with van der Waals surface area (Å²) in [5.41, 5.74) is -2.36. The van der Waals surface area contributed by atoms with Gasteiger partial charge >= 0.3 is 0 Å². The highest BCUT2D eigenvalue weighted by atomic mass is 32.2. The molecule has 0 saturated carbocycles. The van der Waals surface area contributed by atoms with Crippen molar-refractivity contribution in [3.8, 4) is 0 Å². The summed E-state index contributed by atoms with van der Waals surface area (Å²) in [7, 11) is -11.9. The summed E-state index contributed by atoms with van der Waals surface area (Å²) in [4.78, 5) is 0. The minimum Gasteiger partial charge on any atom is -0.185 e. The number of rotatable bonds is 4. The molecule has 0 saturated heterocycles. The minimum atomic E-state index is -2.97. The molecule has 96 valence electrons. The summed E-state index contributed by atoms with van der Waals surface area (Å²) in [6.07, 6.45) is 0. The molecule has 0 N–H and O–H groups in total. The Hall–Kier alpha value is -1.24. The molecule has 0 radical (unpaired) electrons. The lowest BCUT2D eigenvalue weighted by molar-refractivity contribution is 0.626. The maximum Gasteiger partial charge on any atom is 0.211 e. The Kier molecular flexibility index (Phi) is 6.01. The summed E-state index contributed by atoms with van der Waals surface area (Å²) in [6, 6.07) is 0. The van der Waals surface area contributed by atoms with Crippen LogP contribution in [0.15, 0.2) is 0 Å². The van der Waals surface area contributed by atoms with Crippen molar-refractivity contribution in [3.05, 3.63) is 0 Å². The highest BCUT2D eigenvalue weighted by Gasteiger charge is 2.24. The molecular weight excluding hydrogens is 316 g/mol. The zero-order valence-electron chi connectivity index (χ0n) is 7.71. The molecule has 8 nitrogen and oxygen atoms in total. The van der Waals surface area contributed by atoms with Gasteiger partial charge in [-0.25, -0.2) is 0 Å². The van der Waals surface area contributed by atoms with Crippen molar-refractivity contribution in [1.29, 1.82) is 0 Å². The van der Waals surface area contributed by atoms with E-state index >= 15 is 0 Å². The zero-order chi connectivity index (χ0) is 13.6. The molecular formula is C5H4O8S4. The normalized spacial score (nSPS) is 9.88. The van der Waals surface area contributed by atoms with Crippen molar-refractivity contribution in [2.75, 3.05) is 0 Å². The van der Waals surface area contributed by atoms with E-state index in [2.05, 4.69) is 0 Å². The molecule has 0 aromatic heterocycles. The average Bonchev–Trinajstić information content (AvgIpc) is 1.95. The van der Waals surface area contributed by atoms with Crippen molar-refractivity contribution in [2.24, 2.45) is 5.41 Å². The van der Waals surface area contributed by atoms with Gasteiger partial charge in [0.1, 0.15) is 5.41 Å². The first-order valence-corrected chi connectivity index (χ1v) is 7.98. The van der Waals surface area contributed by atoms with Gasteiger partial charge < -0.3 is 0 Å². The highest BCUT2D eigenvalue weighted by molar-refractivity contribution is 7.77. The summed E-state index contributed by atoms with van der Waals surface area (Å²) >= 11 is 0. The number of hydrogen-bond acceptors (Lipinski definition) is 8. The van der Waals surface area contributed by atoms with Crippen molar-refractivity contribution < 1.29 is 33.7 Å². The topological polar surface area (TPSA) is 137 Å². The third-order valence-electron chi connectivity index (χ3n) is 1.20. The molecule has 0 aromatic rings. The van der Waals surface area contributed by atoms with Crippen LogP contribution in [-0.4, -0.2) is 55.1 Å². The third kappa shape index (κ3) is 6.83. The van der Waals surface area contributed by atoms with Crippen LogP contribution in [0.4, 0.5) is 0 Å². The molecule has 0 heterocycles. The van der Waals surface area contributed by atoms with Gasteiger partial charge in [0.25, 0.3) is 0 Å². The predicted molar refractivity (Wildman–Crippen MR) is 62.4 cm³/mol. The van der Waals surface area contributed by atoms with Gasteiger partial charge in [0.2, 0.25) is 41.2 Å². The van der Waals surface area contributed by atoms with E-state index in [1.165, 1.54) is 0 Å². The second-order valence-electron chi connectivity index (χ2n) is 2.51. The molecule has 12 heteroatoms. The molecule has 0 aliphatic rings. The van der Waals surface area contributed by atoms with E-state index in [0.717, 1.165) is 0 Å². The van der Waals surface area contributed by atoms with Crippen LogP contribution in [-0.2, 0) is 41.2 Å². The molecule has 17 heavy (non-hydrogen) atoms. The lowest BCUT2D eigenvalue weighted by Crippen LogP contribution is -2.30. The molecule has 0 bridgehead atoms. The van der Waals surface area contributed by atoms with Crippen LogP contribution in [0.3, 0.4) is 0 Å². The lowest BCUT2D eigenvalue weighted by Gasteiger charge is -2.07. The van der Waals surface area contributed by atoms with Crippen LogP contribution in [0, 0.1) is 5.41 Å². The summed E-state index contributed by atoms with van der Waals surface area (Å²) < 4.78 is 83.5. The van der Waals surface area contributed by atoms with Gasteiger partial charge in [-0.2, -0.15) is 33.7 Å². The summed E-state index contributed by atoms with van der Waals surface area (Å²) in [5.74, 6) is 0. The van der Waals surface area contributed by atoms with E-state index in [1.54, 1.807) is 0 Å². The Balaban J connectivity index is 6.72. The summed E-state index contributed by atoms with van der Waals surface area (Å²) in [5, 5.41) is 0.867. The fourth-order valence-corrected chi connectivity index (χ4v) is 3.50. The van der Waals surface area contributed by atoms with Crippen LogP contribution in [0.2, 0.25) is 0 Å². The molecule has 0 unspecified atom stereocenters. The molecule has 0 spiro atoms. The Bertz CT molecular complexity index is 649. The standard InChI is InChI=1S/C5H4O8S4/c6-14(7)1-5(2-15(8)9,3-16(10)11)4-17(12)13/h1-4H. The first kappa shape index (κ1) is 15.8. The highest BCUT2D eigenvalue weighted by Crippen LogP contribution is 2.02. The maximum absolute atomic E-state index is 10.4. The van der Waals surface area contributed by atoms with E-state index in [-0.39, 0.29) is 21.5 Å². The van der Waals surface area contributed by atoms with E-state index in [9.17, 15) is 33.7 Å². The van der Waals surface area contributed by atoms with E-state index in [4.69, 9.17) is 0 Å². The fourth-order valence-electron chi connectivity index (χ4n) is 0.833. The van der Waals surface area contributed by atoms with Gasteiger partial charge in [0.05, 0.1) is 21.5 Å². The van der Waals surface area contributed by atoms with Crippen molar-refractivity contribution in [3.63, 3.8) is 0 Å². The van der Waals surface area contributed by atoms with Crippen molar-refractivity contribution >= 4 is 62.6 Å². The lowest BCUT2D eigenvalue weighted by atomic mass is 10.0. The smallest absolute Gasteiger partial charge is 0.185 e. The first-order valence-electron chi connectivity index (χ1n) is 3.43. The van der Waals surface area contributed by atoms with Gasteiger partial charge in [-0.3, -0.25) is 0 Å². The van der Waals surface area contributed by atoms with E-state index in [0.29, 0.717) is 0 Å². The van der Waals surface area contributed by atoms with Crippen LogP contribution < -0.4 is 0 Å². The second kappa shape index (κ2) is 6.48. The summed E-state index contributed by atoms with van der Waals surface area (Å²) in [6.45, 7) is 0. The third-order valence-corrected chi connectivity index (χ3v) is 3.60. The van der Waals surface area contributed by atoms with E-state index in [1.807, 2.05) is 0 Å². The Labute approximate surface area is 102 Å². The Morgan fingerprint density at radius 2 is 0.647 bits per heavy atom. The monoisotopic (exact) mass is 320 g/mol. The Morgan fingerprint density at radius 3 is 0.765 bits per heavy atom. The Morgan fingerprint density at radius 1 is 0.471 bits per heavy atom. The fraction of sp³-hybridized carbons (Fsp3) is 0.200. The average molecular weight is 320 g/mol. The molecule has 0 fully saturated rings. The molecule has 0 atom stereocenters. The first-order chi connectivity index (χ1) is 7.67. The quantitative estimate of drug-likeness (QED) is 0.491. The van der Waals surface area contributed by atoms with Gasteiger partial charge in [0, 0.05) is 0 Å². The molecule has 0 aromatic carbocycles. The minimum absolute atomic E-state index is 0.217. The zero-order valence-corrected chi connectivity index (χ0v) is 11.0. The van der Waals surface area contributed by atoms with Gasteiger partial charge in [-0.1, -0.05) is 0 Å². The molecule has 0 aliphatic carbocycles. The largest absolute Gasteiger partial charge is 0.211 e. The van der Waals surface area contributed by atoms with Crippen LogP contribution >= 0.6 is 0 Å². The van der Waals surface area contributed by atoms with Crippen LogP contribution in [0.25, 0.3) is 0 Å². The van der Waals surface area contributed by atoms with Gasteiger partial charge in [-0.05, 0) is 0 Å². The van der Waals surface area contributed by atoms with Crippen LogP contribution in [0.1, 0.15) is 0 Å².